The maximum absolute atomic E-state index is 13.9. The van der Waals surface area contributed by atoms with Crippen LogP contribution in [0.25, 0.3) is 22.4 Å². The van der Waals surface area contributed by atoms with Crippen molar-refractivity contribution in [1.29, 1.82) is 0 Å². The first kappa shape index (κ1) is 18.1. The number of benzene rings is 1. The van der Waals surface area contributed by atoms with Crippen molar-refractivity contribution in [2.45, 2.75) is 50.7 Å². The van der Waals surface area contributed by atoms with Crippen LogP contribution in [0.4, 0.5) is 0 Å². The van der Waals surface area contributed by atoms with Crippen molar-refractivity contribution in [2.75, 3.05) is 6.61 Å². The Kier molecular flexibility index (Phi) is 3.71. The Morgan fingerprint density at radius 1 is 1.27 bits per heavy atom. The third kappa shape index (κ3) is 2.37. The molecule has 8 nitrogen and oxygen atoms in total. The number of fused-ring (bicyclic) bond motifs is 3. The Labute approximate surface area is 177 Å². The van der Waals surface area contributed by atoms with Crippen molar-refractivity contribution in [3.8, 4) is 5.82 Å². The Balaban J connectivity index is 1.72. The fraction of sp³-hybridized carbons (Fsp3) is 0.429. The second kappa shape index (κ2) is 6.15. The van der Waals surface area contributed by atoms with Crippen LogP contribution in [0.15, 0.2) is 35.5 Å². The first-order valence-electron chi connectivity index (χ1n) is 10.2. The minimum atomic E-state index is -0.146. The summed E-state index contributed by atoms with van der Waals surface area (Å²) < 4.78 is 11.1. The zero-order chi connectivity index (χ0) is 20.6. The van der Waals surface area contributed by atoms with Gasteiger partial charge in [-0.1, -0.05) is 29.8 Å². The highest BCUT2D eigenvalue weighted by Crippen LogP contribution is 2.47. The molecule has 2 aliphatic rings. The van der Waals surface area contributed by atoms with Gasteiger partial charge >= 0.3 is 0 Å². The van der Waals surface area contributed by atoms with E-state index in [4.69, 9.17) is 16.3 Å². The maximum Gasteiger partial charge on any atom is 0.279 e. The Hall–Kier alpha value is -2.71. The number of ether oxygens (including phenoxy) is 1. The molecule has 1 aromatic carbocycles. The van der Waals surface area contributed by atoms with E-state index in [-0.39, 0.29) is 23.1 Å². The van der Waals surface area contributed by atoms with Gasteiger partial charge in [0, 0.05) is 12.0 Å². The molecule has 1 saturated heterocycles. The molecule has 6 rings (SSSR count). The number of hydrogen-bond acceptors (Lipinski definition) is 5. The van der Waals surface area contributed by atoms with Gasteiger partial charge in [0.2, 0.25) is 0 Å². The lowest BCUT2D eigenvalue weighted by Crippen LogP contribution is -2.31. The number of imidazole rings is 1. The SMILES string of the molecule is CC1OCCC1n1c(=O)c2c(-n3nncc3C3(C)CC3)ncn2c2cccc(Cl)c21. The van der Waals surface area contributed by atoms with Crippen LogP contribution >= 0.6 is 11.6 Å². The molecule has 0 radical (unpaired) electrons. The van der Waals surface area contributed by atoms with Crippen molar-refractivity contribution in [3.63, 3.8) is 0 Å². The molecule has 0 N–H and O–H groups in total. The summed E-state index contributed by atoms with van der Waals surface area (Å²) in [6.45, 7) is 4.80. The molecule has 1 aliphatic carbocycles. The van der Waals surface area contributed by atoms with Crippen LogP contribution in [0.2, 0.25) is 5.02 Å². The number of aromatic nitrogens is 6. The summed E-state index contributed by atoms with van der Waals surface area (Å²) in [5.74, 6) is 0.503. The van der Waals surface area contributed by atoms with Crippen LogP contribution in [0.1, 0.15) is 44.8 Å². The van der Waals surface area contributed by atoms with Gasteiger partial charge in [-0.2, -0.15) is 4.68 Å². The van der Waals surface area contributed by atoms with Gasteiger partial charge in [0.25, 0.3) is 5.56 Å². The molecule has 0 bridgehead atoms. The Morgan fingerprint density at radius 2 is 2.10 bits per heavy atom. The Morgan fingerprint density at radius 3 is 2.83 bits per heavy atom. The highest BCUT2D eigenvalue weighted by atomic mass is 35.5. The number of para-hydroxylation sites is 1. The highest BCUT2D eigenvalue weighted by Gasteiger charge is 2.43. The highest BCUT2D eigenvalue weighted by molar-refractivity contribution is 6.35. The lowest BCUT2D eigenvalue weighted by molar-refractivity contribution is 0.108. The molecule has 0 amide bonds. The number of rotatable bonds is 3. The summed E-state index contributed by atoms with van der Waals surface area (Å²) in [5.41, 5.74) is 2.88. The molecule has 2 atom stereocenters. The average Bonchev–Trinajstić information content (AvgIpc) is 3.15. The largest absolute Gasteiger partial charge is 0.376 e. The monoisotopic (exact) mass is 424 g/mol. The van der Waals surface area contributed by atoms with Gasteiger partial charge in [-0.25, -0.2) is 4.98 Å². The molecule has 4 heterocycles. The van der Waals surface area contributed by atoms with Gasteiger partial charge in [0.1, 0.15) is 6.33 Å². The molecule has 2 fully saturated rings. The first-order valence-corrected chi connectivity index (χ1v) is 10.6. The van der Waals surface area contributed by atoms with E-state index in [0.29, 0.717) is 28.5 Å². The molecular weight excluding hydrogens is 404 g/mol. The number of halogens is 1. The van der Waals surface area contributed by atoms with E-state index in [0.717, 1.165) is 30.5 Å². The van der Waals surface area contributed by atoms with Crippen molar-refractivity contribution < 1.29 is 4.74 Å². The second-order valence-corrected chi connectivity index (χ2v) is 9.00. The van der Waals surface area contributed by atoms with Gasteiger partial charge in [-0.3, -0.25) is 13.8 Å². The molecular formula is C21H21ClN6O2. The molecule has 2 unspecified atom stereocenters. The van der Waals surface area contributed by atoms with Gasteiger partial charge in [0.05, 0.1) is 40.1 Å². The van der Waals surface area contributed by atoms with E-state index in [9.17, 15) is 4.79 Å². The number of hydrogen-bond donors (Lipinski definition) is 0. The third-order valence-corrected chi connectivity index (χ3v) is 6.98. The summed E-state index contributed by atoms with van der Waals surface area (Å²) in [6.07, 6.45) is 6.28. The smallest absolute Gasteiger partial charge is 0.279 e. The van der Waals surface area contributed by atoms with E-state index in [2.05, 4.69) is 22.2 Å². The van der Waals surface area contributed by atoms with Crippen LogP contribution < -0.4 is 5.56 Å². The van der Waals surface area contributed by atoms with Crippen LogP contribution in [0, 0.1) is 0 Å². The average molecular weight is 425 g/mol. The topological polar surface area (TPSA) is 79.2 Å². The van der Waals surface area contributed by atoms with Gasteiger partial charge in [-0.05, 0) is 38.3 Å². The van der Waals surface area contributed by atoms with Crippen LogP contribution in [-0.2, 0) is 10.2 Å². The van der Waals surface area contributed by atoms with Crippen molar-refractivity contribution in [3.05, 3.63) is 51.8 Å². The van der Waals surface area contributed by atoms with Gasteiger partial charge in [0.15, 0.2) is 11.3 Å². The van der Waals surface area contributed by atoms with Crippen LogP contribution in [0.5, 0.6) is 0 Å². The molecule has 1 saturated carbocycles. The van der Waals surface area contributed by atoms with Crippen molar-refractivity contribution >= 4 is 28.2 Å². The molecule has 4 aromatic rings. The molecule has 1 aliphatic heterocycles. The summed E-state index contributed by atoms with van der Waals surface area (Å²) in [5, 5.41) is 8.95. The summed E-state index contributed by atoms with van der Waals surface area (Å²) in [7, 11) is 0. The lowest BCUT2D eigenvalue weighted by atomic mass is 10.1. The minimum absolute atomic E-state index is 0.0342. The predicted octanol–water partition coefficient (Wildman–Crippen LogP) is 3.28. The maximum atomic E-state index is 13.9. The van der Waals surface area contributed by atoms with E-state index in [1.54, 1.807) is 21.8 Å². The quantitative estimate of drug-likeness (QED) is 0.504. The lowest BCUT2D eigenvalue weighted by Gasteiger charge is -2.21. The summed E-state index contributed by atoms with van der Waals surface area (Å²) >= 11 is 6.60. The standard InChI is InChI=1S/C21H21ClN6O2/c1-12-14(6-9-30-12)27-17-13(22)4-3-5-15(17)26-11-23-19(18(26)20(27)29)28-16(10-24-25-28)21(2)7-8-21/h3-5,10-12,14H,6-9H2,1-2H3. The van der Waals surface area contributed by atoms with Gasteiger partial charge < -0.3 is 4.74 Å². The fourth-order valence-electron chi connectivity index (χ4n) is 4.65. The van der Waals surface area contributed by atoms with Crippen molar-refractivity contribution in [1.82, 2.24) is 28.9 Å². The van der Waals surface area contributed by atoms with E-state index in [1.165, 1.54) is 0 Å². The predicted molar refractivity (Wildman–Crippen MR) is 113 cm³/mol. The van der Waals surface area contributed by atoms with Crippen molar-refractivity contribution in [2.24, 2.45) is 0 Å². The van der Waals surface area contributed by atoms with Crippen LogP contribution in [-0.4, -0.2) is 41.7 Å². The molecule has 9 heteroatoms. The van der Waals surface area contributed by atoms with Gasteiger partial charge in [-0.15, -0.1) is 5.10 Å². The summed E-state index contributed by atoms with van der Waals surface area (Å²) in [6, 6.07) is 5.57. The van der Waals surface area contributed by atoms with E-state index < -0.39 is 0 Å². The minimum Gasteiger partial charge on any atom is -0.376 e. The normalized spacial score (nSPS) is 22.9. The first-order chi connectivity index (χ1) is 14.5. The number of nitrogens with zero attached hydrogens (tertiary/aromatic N) is 6. The molecule has 154 valence electrons. The summed E-state index contributed by atoms with van der Waals surface area (Å²) in [4.78, 5) is 18.5. The third-order valence-electron chi connectivity index (χ3n) is 6.67. The molecule has 0 spiro atoms. The Bertz CT molecular complexity index is 1370. The second-order valence-electron chi connectivity index (χ2n) is 8.59. The zero-order valence-electron chi connectivity index (χ0n) is 16.7. The van der Waals surface area contributed by atoms with Crippen LogP contribution in [0.3, 0.4) is 0 Å². The zero-order valence-corrected chi connectivity index (χ0v) is 17.5. The fourth-order valence-corrected chi connectivity index (χ4v) is 4.91. The van der Waals surface area contributed by atoms with E-state index in [1.807, 2.05) is 29.5 Å². The molecule has 30 heavy (non-hydrogen) atoms. The van der Waals surface area contributed by atoms with E-state index >= 15 is 0 Å². The molecule has 3 aromatic heterocycles.